The molecule has 0 aliphatic heterocycles. The summed E-state index contributed by atoms with van der Waals surface area (Å²) in [6.07, 6.45) is 7.75. The molecule has 0 saturated carbocycles. The van der Waals surface area contributed by atoms with E-state index in [0.29, 0.717) is 42.9 Å². The Morgan fingerprint density at radius 1 is 0.604 bits per heavy atom. The van der Waals surface area contributed by atoms with Crippen LogP contribution in [0.15, 0.2) is 142 Å². The molecule has 0 bridgehead atoms. The molecule has 0 aromatic heterocycles. The average molecular weight is 796 g/mol. The van der Waals surface area contributed by atoms with Gasteiger partial charge in [0, 0.05) is 95.6 Å². The van der Waals surface area contributed by atoms with E-state index in [1.54, 1.807) is 36.4 Å². The fourth-order valence-corrected chi connectivity index (χ4v) is 7.37. The molecule has 2 radical (unpaired) electrons. The molecule has 0 atom stereocenters. The van der Waals surface area contributed by atoms with E-state index in [1.165, 1.54) is 36.4 Å². The second kappa shape index (κ2) is 18.8. The van der Waals surface area contributed by atoms with Crippen LogP contribution in [0.2, 0.25) is 0 Å². The minimum atomic E-state index is -4.40. The Hall–Kier alpha value is -2.70. The van der Waals surface area contributed by atoms with E-state index in [4.69, 9.17) is 0 Å². The SMILES string of the molecule is CCN(Cc1cccc(S(=O)(=O)O)c1)c1ccc(C(=C2C=CC(=[N+](CC)Cc3cccc(S(=O)(=O)O)c3)C=C2)c2ccc(S(=O)(=O)O)cc2)cc1.[Na].[Na]. The number of benzene rings is 4. The van der Waals surface area contributed by atoms with Crippen molar-refractivity contribution >= 4 is 106 Å². The van der Waals surface area contributed by atoms with Gasteiger partial charge in [-0.05, 0) is 102 Å². The molecule has 268 valence electrons. The first kappa shape index (κ1) is 44.7. The number of anilines is 1. The molecule has 3 N–H and O–H groups in total. The van der Waals surface area contributed by atoms with Crippen LogP contribution in [0.4, 0.5) is 5.69 Å². The third kappa shape index (κ3) is 11.7. The van der Waals surface area contributed by atoms with Crippen LogP contribution in [-0.2, 0) is 43.4 Å². The summed E-state index contributed by atoms with van der Waals surface area (Å²) in [5.41, 5.74) is 6.28. The molecular formula is C37H37N2Na2O9S3+. The average Bonchev–Trinajstić information content (AvgIpc) is 3.10. The number of hydrogen-bond donors (Lipinski definition) is 3. The van der Waals surface area contributed by atoms with Crippen LogP contribution in [-0.4, -0.2) is 121 Å². The van der Waals surface area contributed by atoms with Crippen molar-refractivity contribution in [2.75, 3.05) is 18.0 Å². The Morgan fingerprint density at radius 2 is 1.08 bits per heavy atom. The maximum Gasteiger partial charge on any atom is 0.294 e. The van der Waals surface area contributed by atoms with E-state index in [2.05, 4.69) is 0 Å². The monoisotopic (exact) mass is 795 g/mol. The predicted octanol–water partition coefficient (Wildman–Crippen LogP) is 5.29. The van der Waals surface area contributed by atoms with Crippen molar-refractivity contribution in [3.8, 4) is 0 Å². The smallest absolute Gasteiger partial charge is 0.294 e. The zero-order chi connectivity index (χ0) is 37.0. The van der Waals surface area contributed by atoms with Crippen LogP contribution in [0.25, 0.3) is 5.57 Å². The zero-order valence-electron chi connectivity index (χ0n) is 29.8. The molecule has 0 fully saturated rings. The van der Waals surface area contributed by atoms with E-state index in [1.807, 2.05) is 71.9 Å². The van der Waals surface area contributed by atoms with Crippen molar-refractivity contribution in [3.63, 3.8) is 0 Å². The first-order valence-electron chi connectivity index (χ1n) is 15.9. The van der Waals surface area contributed by atoms with Gasteiger partial charge in [0.1, 0.15) is 6.54 Å². The van der Waals surface area contributed by atoms with Crippen molar-refractivity contribution in [1.29, 1.82) is 0 Å². The maximum absolute atomic E-state index is 11.8. The summed E-state index contributed by atoms with van der Waals surface area (Å²) in [4.78, 5) is 1.47. The Balaban J connectivity index is 0.00000378. The van der Waals surface area contributed by atoms with Crippen LogP contribution < -0.4 is 4.90 Å². The van der Waals surface area contributed by atoms with Crippen LogP contribution in [0.3, 0.4) is 0 Å². The van der Waals surface area contributed by atoms with Gasteiger partial charge in [0.15, 0.2) is 12.3 Å². The fraction of sp³-hybridized carbons (Fsp3) is 0.162. The Bertz CT molecular complexity index is 2390. The molecule has 4 aromatic carbocycles. The van der Waals surface area contributed by atoms with Gasteiger partial charge in [0.05, 0.1) is 14.7 Å². The molecule has 53 heavy (non-hydrogen) atoms. The van der Waals surface area contributed by atoms with Crippen LogP contribution in [0, 0.1) is 0 Å². The third-order valence-electron chi connectivity index (χ3n) is 8.39. The van der Waals surface area contributed by atoms with Crippen molar-refractivity contribution in [1.82, 2.24) is 0 Å². The van der Waals surface area contributed by atoms with E-state index < -0.39 is 30.4 Å². The van der Waals surface area contributed by atoms with Gasteiger partial charge in [0.25, 0.3) is 30.4 Å². The molecule has 0 heterocycles. The fourth-order valence-electron chi connectivity index (χ4n) is 5.79. The summed E-state index contributed by atoms with van der Waals surface area (Å²) in [6.45, 7) is 5.95. The Morgan fingerprint density at radius 3 is 1.55 bits per heavy atom. The first-order chi connectivity index (χ1) is 24.1. The van der Waals surface area contributed by atoms with E-state index in [0.717, 1.165) is 28.1 Å². The quantitative estimate of drug-likeness (QED) is 0.0973. The number of hydrogen-bond acceptors (Lipinski definition) is 7. The van der Waals surface area contributed by atoms with Crippen molar-refractivity contribution in [2.45, 2.75) is 41.6 Å². The minimum absolute atomic E-state index is 0. The van der Waals surface area contributed by atoms with Gasteiger partial charge in [-0.15, -0.1) is 0 Å². The summed E-state index contributed by atoms with van der Waals surface area (Å²) < 4.78 is 101. The molecule has 4 aromatic rings. The first-order valence-corrected chi connectivity index (χ1v) is 20.2. The second-order valence-electron chi connectivity index (χ2n) is 11.7. The van der Waals surface area contributed by atoms with Crippen molar-refractivity contribution in [2.24, 2.45) is 0 Å². The predicted molar refractivity (Wildman–Crippen MR) is 207 cm³/mol. The van der Waals surface area contributed by atoms with Crippen LogP contribution >= 0.6 is 0 Å². The van der Waals surface area contributed by atoms with Gasteiger partial charge in [-0.25, -0.2) is 4.58 Å². The molecule has 11 nitrogen and oxygen atoms in total. The van der Waals surface area contributed by atoms with E-state index in [-0.39, 0.29) is 73.8 Å². The Kier molecular flexibility index (Phi) is 15.8. The van der Waals surface area contributed by atoms with Crippen LogP contribution in [0.5, 0.6) is 0 Å². The molecular weight excluding hydrogens is 759 g/mol. The molecule has 5 rings (SSSR count). The largest absolute Gasteiger partial charge is 0.367 e. The van der Waals surface area contributed by atoms with Gasteiger partial charge in [-0.2, -0.15) is 25.3 Å². The molecule has 1 aliphatic carbocycles. The topological polar surface area (TPSA) is 169 Å². The van der Waals surface area contributed by atoms with E-state index in [9.17, 15) is 38.9 Å². The maximum atomic E-state index is 11.8. The van der Waals surface area contributed by atoms with Crippen molar-refractivity contribution < 1.29 is 43.5 Å². The normalized spacial score (nSPS) is 12.8. The van der Waals surface area contributed by atoms with E-state index >= 15 is 0 Å². The van der Waals surface area contributed by atoms with Gasteiger partial charge >= 0.3 is 0 Å². The van der Waals surface area contributed by atoms with Gasteiger partial charge in [0.2, 0.25) is 0 Å². The summed E-state index contributed by atoms with van der Waals surface area (Å²) in [5, 5.41) is 0. The molecule has 0 spiro atoms. The molecule has 0 amide bonds. The summed E-state index contributed by atoms with van der Waals surface area (Å²) in [7, 11) is -13.1. The minimum Gasteiger partial charge on any atom is -0.367 e. The molecule has 1 aliphatic rings. The standard InChI is InChI=1S/C37H36N2O9S3.2Na/c1-3-38(25-27-7-5-9-35(23-27)50(43,44)45)32-17-11-29(12-18-32)37(31-15-21-34(22-16-31)49(40,41)42)30-13-19-33(20-14-30)39(4-2)26-28-8-6-10-36(24-28)51(46,47)48;;/h5-24H,3-4,25-26H2,1-2H3,(H2-,40,41,42,43,44,45,46,47,48);;/p+1. The van der Waals surface area contributed by atoms with Gasteiger partial charge in [-0.1, -0.05) is 48.5 Å². The number of rotatable bonds is 12. The zero-order valence-corrected chi connectivity index (χ0v) is 36.2. The number of allylic oxidation sites excluding steroid dienone is 5. The van der Waals surface area contributed by atoms with Crippen molar-refractivity contribution in [3.05, 3.63) is 149 Å². The Labute approximate surface area is 355 Å². The van der Waals surface area contributed by atoms with Crippen LogP contribution in [0.1, 0.15) is 36.1 Å². The number of nitrogens with zero attached hydrogens (tertiary/aromatic N) is 2. The molecule has 16 heteroatoms. The summed E-state index contributed by atoms with van der Waals surface area (Å²) in [5.74, 6) is 0. The second-order valence-corrected chi connectivity index (χ2v) is 16.0. The third-order valence-corrected chi connectivity index (χ3v) is 11.0. The molecule has 0 unspecified atom stereocenters. The summed E-state index contributed by atoms with van der Waals surface area (Å²) >= 11 is 0. The van der Waals surface area contributed by atoms with Gasteiger partial charge in [-0.3, -0.25) is 13.7 Å². The molecule has 0 saturated heterocycles. The summed E-state index contributed by atoms with van der Waals surface area (Å²) in [6, 6.07) is 26.0. The van der Waals surface area contributed by atoms with Gasteiger partial charge < -0.3 is 4.90 Å².